The maximum absolute atomic E-state index is 12.6. The lowest BCUT2D eigenvalue weighted by Crippen LogP contribution is -2.61. The number of carbonyl (C=O) groups is 4. The summed E-state index contributed by atoms with van der Waals surface area (Å²) in [5, 5.41) is 236. The number of aliphatic hydroxyl groups excluding tert-OH is 18. The summed E-state index contributed by atoms with van der Waals surface area (Å²) in [5.41, 5.74) is 12.0. The van der Waals surface area contributed by atoms with Gasteiger partial charge in [0.15, 0.2) is 24.2 Å². The van der Waals surface area contributed by atoms with Crippen LogP contribution in [0.2, 0.25) is 6.32 Å². The largest absolute Gasteiger partial charge is 0.481 e. The zero-order valence-electron chi connectivity index (χ0n) is 79.8. The number of rotatable bonds is 9. The monoisotopic (exact) mass is 1950 g/mol. The van der Waals surface area contributed by atoms with Crippen LogP contribution >= 0.6 is 0 Å². The summed E-state index contributed by atoms with van der Waals surface area (Å²) < 4.78 is 46.3. The van der Waals surface area contributed by atoms with Crippen LogP contribution in [0.15, 0.2) is 158 Å². The number of carboxylic acid groups (broad SMARTS) is 2. The van der Waals surface area contributed by atoms with Gasteiger partial charge < -0.3 is 162 Å². The van der Waals surface area contributed by atoms with Gasteiger partial charge in [0, 0.05) is 75.0 Å². The van der Waals surface area contributed by atoms with Gasteiger partial charge in [0.05, 0.1) is 167 Å². The first-order valence-electron chi connectivity index (χ1n) is 47.6. The van der Waals surface area contributed by atoms with E-state index in [-0.39, 0.29) is 70.6 Å². The Bertz CT molecular complexity index is 3840. The first-order valence-corrected chi connectivity index (χ1v) is 47.6. The Balaban J connectivity index is 0.000000660. The molecular weight excluding hydrogens is 1780 g/mol. The highest BCUT2D eigenvalue weighted by atomic mass is 16.7. The van der Waals surface area contributed by atoms with Crippen molar-refractivity contribution in [3.63, 3.8) is 0 Å². The maximum atomic E-state index is 12.6. The number of aliphatic carboxylic acids is 2. The van der Waals surface area contributed by atoms with Gasteiger partial charge in [0.2, 0.25) is 0 Å². The molecule has 36 nitrogen and oxygen atoms in total. The van der Waals surface area contributed by atoms with Gasteiger partial charge in [-0.25, -0.2) is 0 Å². The van der Waals surface area contributed by atoms with Crippen molar-refractivity contribution in [1.82, 2.24) is 0 Å². The van der Waals surface area contributed by atoms with E-state index in [1.54, 1.807) is 119 Å². The third kappa shape index (κ3) is 45.7. The van der Waals surface area contributed by atoms with Crippen molar-refractivity contribution in [3.8, 4) is 0 Å². The first kappa shape index (κ1) is 125. The predicted molar refractivity (Wildman–Crippen MR) is 511 cm³/mol. The molecule has 0 amide bonds. The third-order valence-electron chi connectivity index (χ3n) is 25.1. The lowest BCUT2D eigenvalue weighted by molar-refractivity contribution is -0.309. The number of carboxylic acids is 2. The van der Waals surface area contributed by atoms with Crippen molar-refractivity contribution in [2.45, 2.75) is 406 Å². The molecule has 6 rings (SSSR count). The summed E-state index contributed by atoms with van der Waals surface area (Å²) in [6.45, 7) is 15.7. The van der Waals surface area contributed by atoms with E-state index in [9.17, 15) is 132 Å². The van der Waals surface area contributed by atoms with E-state index in [1.807, 2.05) is 68.5 Å². The number of hydrogen-bond acceptors (Lipinski definition) is 34. The molecule has 0 saturated carbocycles. The average molecular weight is 1950 g/mol. The molecule has 0 aliphatic carbocycles. The quantitative estimate of drug-likeness (QED) is 0.0879. The number of ether oxygens (including phenoxy) is 8. The zero-order chi connectivity index (χ0) is 102. The molecule has 6 heterocycles. The molecule has 2 radical (unpaired) electrons. The highest BCUT2D eigenvalue weighted by molar-refractivity contribution is 6.08. The zero-order valence-corrected chi connectivity index (χ0v) is 79.8. The summed E-state index contributed by atoms with van der Waals surface area (Å²) in [6.07, 6.45) is 10.3. The second-order valence-corrected chi connectivity index (χ2v) is 36.9. The Hall–Kier alpha value is -6.56. The van der Waals surface area contributed by atoms with E-state index in [2.05, 4.69) is 6.92 Å². The molecule has 37 heteroatoms. The summed E-state index contributed by atoms with van der Waals surface area (Å²) in [6, 6.07) is -2.29. The van der Waals surface area contributed by atoms with Crippen LogP contribution < -0.4 is 11.5 Å². The minimum Gasteiger partial charge on any atom is -0.481 e. The molecule has 6 aliphatic heterocycles. The summed E-state index contributed by atoms with van der Waals surface area (Å²) >= 11 is 0. The SMILES string of the molecule is C.C[C@@H]1[C@H](O)[C@@H](C)/C=C/C=C/C=C/C=C/C=C/C=C/C=C/[C@H](OC2O[C@H](C)[C@@H](O)[C@H](N)[C@@H]2O)CC2O[C@](O)(C[C@@H](O)C[C@@H](O)[C@H](O)CC[C@@H](O)C[C@@H](O)CC(=O)O[C@H]1C)C[C@H](O)C2C(=O)O.C[C@@H]1[C@H](O)[C@@H](C)/C=C/C=C/CC/C=C/C=C/C=C/C=C/[C@H](OC2O[C@H](C)[C@@H](O)[C@H](N)[C@@H]2O)CC2O[C@](O)(C[C@@H](O)C[C@@H](O)[C@H](O)CC[C@@H](O)C[C@@H](O)CC(=O)O[C@H]1C)C[C@H](O)C2C(=O)O.[B]CCCCC. The molecule has 4 fully saturated rings. The summed E-state index contributed by atoms with van der Waals surface area (Å²) in [7, 11) is 5.21. The van der Waals surface area contributed by atoms with Crippen LogP contribution in [0.4, 0.5) is 0 Å². The molecule has 6 aliphatic rings. The average Bonchev–Trinajstić information content (AvgIpc) is 0.783. The fraction of sp³-hybridized carbons (Fsp3) is 0.700. The van der Waals surface area contributed by atoms with Gasteiger partial charge in [-0.1, -0.05) is 226 Å². The lowest BCUT2D eigenvalue weighted by Gasteiger charge is -2.45. The second-order valence-electron chi connectivity index (χ2n) is 36.9. The first-order chi connectivity index (χ1) is 64.1. The second kappa shape index (κ2) is 64.9. The van der Waals surface area contributed by atoms with Gasteiger partial charge in [-0.15, -0.1) is 0 Å². The molecular formula is C100H163BN2O34. The lowest BCUT2D eigenvalue weighted by atomic mass is 9.82. The van der Waals surface area contributed by atoms with E-state index >= 15 is 0 Å². The Kier molecular flexibility index (Phi) is 59.0. The normalized spacial score (nSPS) is 43.4. The predicted octanol–water partition coefficient (Wildman–Crippen LogP) is 4.05. The number of hydrogen-bond donors (Lipinski definition) is 24. The van der Waals surface area contributed by atoms with Gasteiger partial charge >= 0.3 is 23.9 Å². The van der Waals surface area contributed by atoms with Crippen molar-refractivity contribution < 1.29 is 169 Å². The van der Waals surface area contributed by atoms with Crippen molar-refractivity contribution in [2.24, 2.45) is 47.0 Å². The van der Waals surface area contributed by atoms with Gasteiger partial charge in [0.25, 0.3) is 0 Å². The molecule has 0 aromatic heterocycles. The Morgan fingerprint density at radius 1 is 0.387 bits per heavy atom. The molecule has 780 valence electrons. The topological polar surface area (TPSA) is 639 Å². The van der Waals surface area contributed by atoms with E-state index in [4.69, 9.17) is 57.2 Å². The number of unbranched alkanes of at least 4 members (excludes halogenated alkanes) is 2. The van der Waals surface area contributed by atoms with Crippen molar-refractivity contribution in [3.05, 3.63) is 158 Å². The van der Waals surface area contributed by atoms with Gasteiger partial charge in [-0.05, 0) is 79.1 Å². The minimum atomic E-state index is -2.33. The van der Waals surface area contributed by atoms with Crippen LogP contribution in [0.3, 0.4) is 0 Å². The number of cyclic esters (lactones) is 2. The Morgan fingerprint density at radius 3 is 1.04 bits per heavy atom. The number of nitrogens with two attached hydrogens (primary N) is 2. The van der Waals surface area contributed by atoms with Crippen LogP contribution in [0.5, 0.6) is 0 Å². The van der Waals surface area contributed by atoms with E-state index in [0.717, 1.165) is 19.2 Å². The number of allylic oxidation sites excluding steroid dienone is 22. The fourth-order valence-electron chi connectivity index (χ4n) is 16.5. The van der Waals surface area contributed by atoms with Gasteiger partial charge in [-0.3, -0.25) is 19.2 Å². The highest BCUT2D eigenvalue weighted by Crippen LogP contribution is 2.41. The Labute approximate surface area is 808 Å². The number of aliphatic hydroxyl groups is 20. The van der Waals surface area contributed by atoms with Crippen molar-refractivity contribution >= 4 is 31.7 Å². The van der Waals surface area contributed by atoms with Crippen LogP contribution in [0.25, 0.3) is 0 Å². The molecule has 0 spiro atoms. The van der Waals surface area contributed by atoms with E-state index in [0.29, 0.717) is 0 Å². The smallest absolute Gasteiger partial charge is 0.311 e. The van der Waals surface area contributed by atoms with Crippen LogP contribution in [-0.2, 0) is 57.1 Å². The van der Waals surface area contributed by atoms with Crippen LogP contribution in [0, 0.1) is 35.5 Å². The highest BCUT2D eigenvalue weighted by Gasteiger charge is 2.54. The van der Waals surface area contributed by atoms with E-state index < -0.39 is 294 Å². The maximum Gasteiger partial charge on any atom is 0.311 e. The molecule has 0 aromatic carbocycles. The van der Waals surface area contributed by atoms with Crippen molar-refractivity contribution in [2.75, 3.05) is 0 Å². The standard InChI is InChI=1S/C47H75NO17.C47H73NO17.C5H11B.CH4/c2*1-27-17-15-13-11-9-7-5-6-8-10-12-14-16-18-34(64-46-44(58)41(48)43(57)30(4)63-46)24-38-40(45(59)60)37(54)26-47(61,65-38)25-33(51)22-36(53)35(52)20-19-31(49)21-32(50)23-39(55)62-29(3)28(2)42(27)56;1-2-3-4-5-6;/h5-6,8,10-18,27-38,40-44,46,49-54,56-58,61H,7,9,19-26,48H2,1-4H3,(H,59,60);5-18,27-38,40-44,46,49-54,56-58,61H,19-26,48H2,1-4H3,(H,59,60);2-5H2,1H3;1H4/b6-5+,10-8+,13-11+,14-12+,17-15+,18-16+;6-5+,9-7+,10-8+,13-11+,14-12+,17-15+,18-16+;;/t2*27-,28-,29-,30+,31+,32+,33-,34-,35+,36+,37-,38?,40?,41-,42+,43+,44-,46?,47+;;/m00../s1. The van der Waals surface area contributed by atoms with Crippen LogP contribution in [-0.4, -0.2) is 339 Å². The number of esters is 2. The van der Waals surface area contributed by atoms with Crippen LogP contribution in [0.1, 0.15) is 205 Å². The molecule has 26 N–H and O–H groups in total. The summed E-state index contributed by atoms with van der Waals surface area (Å²) in [4.78, 5) is 50.2. The van der Waals surface area contributed by atoms with Gasteiger partial charge in [0.1, 0.15) is 36.3 Å². The third-order valence-corrected chi connectivity index (χ3v) is 25.1. The molecule has 4 bridgehead atoms. The number of fused-ring (bicyclic) bond motifs is 4. The molecule has 38 atom stereocenters. The molecule has 137 heavy (non-hydrogen) atoms. The molecule has 0 aromatic rings. The minimum absolute atomic E-state index is 0. The van der Waals surface area contributed by atoms with Crippen molar-refractivity contribution in [1.29, 1.82) is 0 Å². The van der Waals surface area contributed by atoms with Gasteiger partial charge in [-0.2, -0.15) is 0 Å². The Morgan fingerprint density at radius 2 is 0.708 bits per heavy atom. The summed E-state index contributed by atoms with van der Waals surface area (Å²) in [5.74, 6) is -13.6. The fourth-order valence-corrected chi connectivity index (χ4v) is 16.5. The number of carbonyl (C=O) groups excluding carboxylic acids is 2. The molecule has 4 saturated heterocycles. The van der Waals surface area contributed by atoms with E-state index in [1.165, 1.54) is 45.3 Å². The molecule has 6 unspecified atom stereocenters.